The molecular formula is C59H41NO. The molecule has 0 bridgehead atoms. The molecule has 1 aromatic heterocycles. The number of furan rings is 1. The standard InChI is InChI=1S/C59H41NO/c1-59(2)54-28-12-10-24-49(54)50-33-31-43(37-55(50)59)60(42-20-14-19-39(34-42)46-26-15-27-52-51-25-11-13-29-57(51)61-58(46)52)56-36-41(30-32-45(56)38-16-4-3-5-17-38)53-35-40-18-6-7-21-44(40)47-22-8-9-23-48(47)53/h3-37H,1-2H3. The third-order valence-electron chi connectivity index (χ3n) is 13.0. The molecule has 2 nitrogen and oxygen atoms in total. The number of para-hydroxylation sites is 2. The fourth-order valence-corrected chi connectivity index (χ4v) is 10.1. The molecule has 288 valence electrons. The van der Waals surface area contributed by atoms with Gasteiger partial charge >= 0.3 is 0 Å². The molecule has 61 heavy (non-hydrogen) atoms. The van der Waals surface area contributed by atoms with E-state index in [1.54, 1.807) is 0 Å². The number of anilines is 3. The summed E-state index contributed by atoms with van der Waals surface area (Å²) in [6, 6.07) is 77.6. The first-order chi connectivity index (χ1) is 30.0. The van der Waals surface area contributed by atoms with Crippen LogP contribution in [-0.2, 0) is 5.41 Å². The Balaban J connectivity index is 1.13. The summed E-state index contributed by atoms with van der Waals surface area (Å²) in [6.45, 7) is 4.72. The van der Waals surface area contributed by atoms with Gasteiger partial charge in [-0.05, 0) is 109 Å². The molecule has 0 saturated carbocycles. The van der Waals surface area contributed by atoms with Crippen molar-refractivity contribution in [2.24, 2.45) is 0 Å². The van der Waals surface area contributed by atoms with Gasteiger partial charge in [-0.25, -0.2) is 0 Å². The van der Waals surface area contributed by atoms with Crippen molar-refractivity contribution in [1.82, 2.24) is 0 Å². The summed E-state index contributed by atoms with van der Waals surface area (Å²) in [4.78, 5) is 2.48. The zero-order valence-electron chi connectivity index (χ0n) is 34.1. The average molecular weight is 780 g/mol. The van der Waals surface area contributed by atoms with Crippen LogP contribution < -0.4 is 4.90 Å². The van der Waals surface area contributed by atoms with E-state index in [9.17, 15) is 0 Å². The van der Waals surface area contributed by atoms with Gasteiger partial charge in [0.15, 0.2) is 0 Å². The molecule has 0 fully saturated rings. The SMILES string of the molecule is CC1(C)c2ccccc2-c2ccc(N(c3cccc(-c4cccc5c4oc4ccccc45)c3)c3cc(-c4cc5ccccc5c5ccccc45)ccc3-c3ccccc3)cc21. The maximum Gasteiger partial charge on any atom is 0.143 e. The van der Waals surface area contributed by atoms with E-state index in [1.165, 1.54) is 54.9 Å². The fourth-order valence-electron chi connectivity index (χ4n) is 10.1. The van der Waals surface area contributed by atoms with E-state index in [4.69, 9.17) is 4.42 Å². The summed E-state index contributed by atoms with van der Waals surface area (Å²) in [6.07, 6.45) is 0. The number of benzene rings is 10. The summed E-state index contributed by atoms with van der Waals surface area (Å²) < 4.78 is 6.61. The van der Waals surface area contributed by atoms with E-state index in [2.05, 4.69) is 225 Å². The molecule has 0 amide bonds. The van der Waals surface area contributed by atoms with Crippen molar-refractivity contribution < 1.29 is 4.42 Å². The summed E-state index contributed by atoms with van der Waals surface area (Å²) in [5.41, 5.74) is 17.1. The Morgan fingerprint density at radius 3 is 1.87 bits per heavy atom. The lowest BCUT2D eigenvalue weighted by molar-refractivity contribution is 0.660. The highest BCUT2D eigenvalue weighted by molar-refractivity contribution is 6.14. The molecule has 0 spiro atoms. The van der Waals surface area contributed by atoms with Crippen LogP contribution in [0.1, 0.15) is 25.0 Å². The van der Waals surface area contributed by atoms with Crippen molar-refractivity contribution in [3.05, 3.63) is 223 Å². The summed E-state index contributed by atoms with van der Waals surface area (Å²) in [5, 5.41) is 7.25. The van der Waals surface area contributed by atoms with Gasteiger partial charge in [-0.1, -0.05) is 184 Å². The second-order valence-corrected chi connectivity index (χ2v) is 16.9. The lowest BCUT2D eigenvalue weighted by Crippen LogP contribution is -2.17. The van der Waals surface area contributed by atoms with Crippen LogP contribution in [-0.4, -0.2) is 0 Å². The van der Waals surface area contributed by atoms with Crippen LogP contribution in [0, 0.1) is 0 Å². The van der Waals surface area contributed by atoms with E-state index in [0.717, 1.165) is 61.3 Å². The first-order valence-electron chi connectivity index (χ1n) is 21.2. The Labute approximate surface area is 355 Å². The minimum atomic E-state index is -0.166. The van der Waals surface area contributed by atoms with Crippen LogP contribution in [0.25, 0.3) is 88.0 Å². The van der Waals surface area contributed by atoms with Crippen LogP contribution in [0.4, 0.5) is 17.1 Å². The number of fused-ring (bicyclic) bond motifs is 9. The van der Waals surface area contributed by atoms with Gasteiger partial charge in [0.25, 0.3) is 0 Å². The van der Waals surface area contributed by atoms with Crippen LogP contribution in [0.3, 0.4) is 0 Å². The molecule has 1 heterocycles. The Hall–Kier alpha value is -7.68. The van der Waals surface area contributed by atoms with E-state index in [0.29, 0.717) is 0 Å². The van der Waals surface area contributed by atoms with Gasteiger partial charge < -0.3 is 9.32 Å². The Bertz CT molecular complexity index is 3520. The monoisotopic (exact) mass is 779 g/mol. The Morgan fingerprint density at radius 2 is 0.984 bits per heavy atom. The van der Waals surface area contributed by atoms with Crippen LogP contribution >= 0.6 is 0 Å². The molecule has 0 aliphatic heterocycles. The van der Waals surface area contributed by atoms with Crippen molar-refractivity contribution in [1.29, 1.82) is 0 Å². The molecule has 10 aromatic carbocycles. The lowest BCUT2D eigenvalue weighted by atomic mass is 9.82. The zero-order valence-corrected chi connectivity index (χ0v) is 34.1. The van der Waals surface area contributed by atoms with Crippen molar-refractivity contribution in [2.75, 3.05) is 4.90 Å². The van der Waals surface area contributed by atoms with E-state index < -0.39 is 0 Å². The molecule has 1 aliphatic rings. The summed E-state index contributed by atoms with van der Waals surface area (Å²) in [5.74, 6) is 0. The van der Waals surface area contributed by atoms with E-state index in [-0.39, 0.29) is 5.41 Å². The average Bonchev–Trinajstić information content (AvgIpc) is 3.81. The number of hydrogen-bond donors (Lipinski definition) is 0. The quantitative estimate of drug-likeness (QED) is 0.156. The van der Waals surface area contributed by atoms with Gasteiger partial charge in [-0.3, -0.25) is 0 Å². The van der Waals surface area contributed by atoms with Gasteiger partial charge in [0, 0.05) is 38.7 Å². The summed E-state index contributed by atoms with van der Waals surface area (Å²) >= 11 is 0. The maximum absolute atomic E-state index is 6.61. The van der Waals surface area contributed by atoms with E-state index >= 15 is 0 Å². The van der Waals surface area contributed by atoms with Crippen molar-refractivity contribution in [2.45, 2.75) is 19.3 Å². The maximum atomic E-state index is 6.61. The molecule has 11 aromatic rings. The second-order valence-electron chi connectivity index (χ2n) is 16.9. The Morgan fingerprint density at radius 1 is 0.361 bits per heavy atom. The predicted molar refractivity (Wildman–Crippen MR) is 257 cm³/mol. The molecule has 2 heteroatoms. The molecule has 0 N–H and O–H groups in total. The van der Waals surface area contributed by atoms with Crippen molar-refractivity contribution in [3.8, 4) is 44.5 Å². The summed E-state index contributed by atoms with van der Waals surface area (Å²) in [7, 11) is 0. The van der Waals surface area contributed by atoms with Gasteiger partial charge in [0.1, 0.15) is 11.2 Å². The van der Waals surface area contributed by atoms with Gasteiger partial charge in [0.05, 0.1) is 5.69 Å². The zero-order chi connectivity index (χ0) is 40.7. The fraction of sp³-hybridized carbons (Fsp3) is 0.0508. The molecular weight excluding hydrogens is 739 g/mol. The minimum Gasteiger partial charge on any atom is -0.455 e. The predicted octanol–water partition coefficient (Wildman–Crippen LogP) is 16.7. The van der Waals surface area contributed by atoms with Gasteiger partial charge in [0.2, 0.25) is 0 Å². The number of hydrogen-bond acceptors (Lipinski definition) is 2. The van der Waals surface area contributed by atoms with Crippen molar-refractivity contribution in [3.63, 3.8) is 0 Å². The smallest absolute Gasteiger partial charge is 0.143 e. The second kappa shape index (κ2) is 13.7. The largest absolute Gasteiger partial charge is 0.455 e. The van der Waals surface area contributed by atoms with Gasteiger partial charge in [-0.2, -0.15) is 0 Å². The van der Waals surface area contributed by atoms with Crippen molar-refractivity contribution >= 4 is 60.5 Å². The third-order valence-corrected chi connectivity index (χ3v) is 13.0. The molecule has 0 radical (unpaired) electrons. The molecule has 1 aliphatic carbocycles. The topological polar surface area (TPSA) is 16.4 Å². The molecule has 0 unspecified atom stereocenters. The van der Waals surface area contributed by atoms with E-state index in [1.807, 2.05) is 6.07 Å². The highest BCUT2D eigenvalue weighted by atomic mass is 16.3. The molecule has 12 rings (SSSR count). The lowest BCUT2D eigenvalue weighted by Gasteiger charge is -2.30. The van der Waals surface area contributed by atoms with Crippen LogP contribution in [0.2, 0.25) is 0 Å². The number of nitrogens with zero attached hydrogens (tertiary/aromatic N) is 1. The first kappa shape index (κ1) is 35.3. The molecule has 0 saturated heterocycles. The minimum absolute atomic E-state index is 0.166. The van der Waals surface area contributed by atoms with Crippen LogP contribution in [0.15, 0.2) is 217 Å². The number of rotatable bonds is 6. The third kappa shape index (κ3) is 5.56. The Kier molecular flexibility index (Phi) is 7.92. The van der Waals surface area contributed by atoms with Crippen LogP contribution in [0.5, 0.6) is 0 Å². The van der Waals surface area contributed by atoms with Gasteiger partial charge in [-0.15, -0.1) is 0 Å². The molecule has 0 atom stereocenters. The normalized spacial score (nSPS) is 12.9. The highest BCUT2D eigenvalue weighted by Crippen LogP contribution is 2.52. The first-order valence-corrected chi connectivity index (χ1v) is 21.2. The highest BCUT2D eigenvalue weighted by Gasteiger charge is 2.36.